The number of piperazine rings is 1. The Labute approximate surface area is 226 Å². The van der Waals surface area contributed by atoms with E-state index in [0.29, 0.717) is 28.7 Å². The molecule has 0 spiro atoms. The minimum absolute atomic E-state index is 0.0185. The molecule has 1 aliphatic heterocycles. The largest absolute Gasteiger partial charge is 0.481 e. The number of hydrogen-bond donors (Lipinski definition) is 1. The second-order valence-electron chi connectivity index (χ2n) is 9.36. The minimum Gasteiger partial charge on any atom is -0.481 e. The van der Waals surface area contributed by atoms with Gasteiger partial charge >= 0.3 is 6.18 Å². The molecule has 13 heteroatoms. The number of aromatic nitrogens is 4. The number of benzene rings is 1. The lowest BCUT2D eigenvalue weighted by atomic mass is 10.0. The lowest BCUT2D eigenvalue weighted by Gasteiger charge is -2.38. The van der Waals surface area contributed by atoms with Gasteiger partial charge in [0.05, 0.1) is 31.6 Å². The van der Waals surface area contributed by atoms with E-state index in [1.807, 2.05) is 4.90 Å². The van der Waals surface area contributed by atoms with Gasteiger partial charge in [-0.15, -0.1) is 0 Å². The summed E-state index contributed by atoms with van der Waals surface area (Å²) in [6, 6.07) is 8.65. The normalized spacial score (nSPS) is 15.4. The molecule has 4 heterocycles. The number of aliphatic hydroxyl groups excluding tert-OH is 1. The number of rotatable bonds is 6. The van der Waals surface area contributed by atoms with Gasteiger partial charge in [-0.05, 0) is 19.1 Å². The van der Waals surface area contributed by atoms with E-state index in [1.165, 1.54) is 37.3 Å². The Bertz CT molecular complexity index is 1530. The molecule has 1 aliphatic rings. The second-order valence-corrected chi connectivity index (χ2v) is 9.36. The van der Waals surface area contributed by atoms with Crippen molar-refractivity contribution in [2.24, 2.45) is 0 Å². The molecule has 4 aromatic rings. The highest BCUT2D eigenvalue weighted by Gasteiger charge is 2.39. The van der Waals surface area contributed by atoms with E-state index in [2.05, 4.69) is 15.1 Å². The van der Waals surface area contributed by atoms with E-state index in [0.717, 1.165) is 6.20 Å². The van der Waals surface area contributed by atoms with Gasteiger partial charge < -0.3 is 14.7 Å². The molecule has 0 bridgehead atoms. The number of halogens is 4. The van der Waals surface area contributed by atoms with Gasteiger partial charge in [-0.25, -0.2) is 18.9 Å². The Hall–Kier alpha value is -4.10. The molecule has 1 atom stereocenters. The number of carbonyl (C=O) groups is 1. The van der Waals surface area contributed by atoms with E-state index in [-0.39, 0.29) is 48.0 Å². The zero-order valence-corrected chi connectivity index (χ0v) is 21.7. The molecule has 0 radical (unpaired) electrons. The van der Waals surface area contributed by atoms with Crippen LogP contribution in [0, 0.1) is 12.7 Å². The van der Waals surface area contributed by atoms with Crippen molar-refractivity contribution < 1.29 is 32.2 Å². The first-order valence-electron chi connectivity index (χ1n) is 12.5. The number of nitrogens with zero attached hydrogens (tertiary/aromatic N) is 6. The number of ether oxygens (including phenoxy) is 1. The lowest BCUT2D eigenvalue weighted by molar-refractivity contribution is -0.143. The summed E-state index contributed by atoms with van der Waals surface area (Å²) in [5.41, 5.74) is -0.807. The number of alkyl halides is 3. The Morgan fingerprint density at radius 1 is 1.10 bits per heavy atom. The first-order chi connectivity index (χ1) is 19.1. The van der Waals surface area contributed by atoms with Gasteiger partial charge in [0.1, 0.15) is 11.4 Å². The Morgan fingerprint density at radius 3 is 2.42 bits per heavy atom. The van der Waals surface area contributed by atoms with E-state index < -0.39 is 29.6 Å². The molecule has 1 N–H and O–H groups in total. The van der Waals surface area contributed by atoms with Crippen molar-refractivity contribution >= 4 is 11.6 Å². The van der Waals surface area contributed by atoms with Crippen molar-refractivity contribution in [3.63, 3.8) is 0 Å². The second kappa shape index (κ2) is 10.8. The topological polar surface area (TPSA) is 96.1 Å². The molecule has 3 aromatic heterocycles. The zero-order chi connectivity index (χ0) is 28.6. The van der Waals surface area contributed by atoms with Crippen molar-refractivity contribution in [2.75, 3.05) is 39.9 Å². The summed E-state index contributed by atoms with van der Waals surface area (Å²) in [5, 5.41) is 13.8. The summed E-state index contributed by atoms with van der Waals surface area (Å²) in [5.74, 6) is -0.670. The maximum atomic E-state index is 14.4. The molecule has 40 heavy (non-hydrogen) atoms. The van der Waals surface area contributed by atoms with E-state index in [4.69, 9.17) is 4.74 Å². The number of methoxy groups -OCH3 is 1. The summed E-state index contributed by atoms with van der Waals surface area (Å²) in [6.07, 6.45) is -2.32. The number of amides is 1. The third-order valence-corrected chi connectivity index (χ3v) is 7.08. The summed E-state index contributed by atoms with van der Waals surface area (Å²) in [7, 11) is 1.42. The van der Waals surface area contributed by atoms with Crippen molar-refractivity contribution in [1.29, 1.82) is 0 Å². The summed E-state index contributed by atoms with van der Waals surface area (Å²) >= 11 is 0. The van der Waals surface area contributed by atoms with E-state index in [1.54, 1.807) is 24.3 Å². The molecule has 1 fully saturated rings. The van der Waals surface area contributed by atoms with Gasteiger partial charge in [0.2, 0.25) is 5.88 Å². The fourth-order valence-corrected chi connectivity index (χ4v) is 5.04. The third kappa shape index (κ3) is 4.97. The van der Waals surface area contributed by atoms with Crippen LogP contribution in [-0.4, -0.2) is 80.3 Å². The molecule has 9 nitrogen and oxygen atoms in total. The lowest BCUT2D eigenvalue weighted by Crippen LogP contribution is -2.50. The number of fused-ring (bicyclic) bond motifs is 1. The van der Waals surface area contributed by atoms with Gasteiger partial charge in [0.15, 0.2) is 11.3 Å². The molecule has 210 valence electrons. The molecule has 1 amide bonds. The fraction of sp³-hybridized carbons (Fsp3) is 0.333. The summed E-state index contributed by atoms with van der Waals surface area (Å²) in [4.78, 5) is 25.4. The fourth-order valence-electron chi connectivity index (χ4n) is 5.04. The zero-order valence-electron chi connectivity index (χ0n) is 21.7. The van der Waals surface area contributed by atoms with Gasteiger partial charge in [-0.3, -0.25) is 9.69 Å². The highest BCUT2D eigenvalue weighted by molar-refractivity contribution is 6.00. The number of aliphatic hydroxyl groups is 1. The van der Waals surface area contributed by atoms with Crippen LogP contribution in [0.4, 0.5) is 17.6 Å². The molecule has 1 saturated heterocycles. The Kier molecular flexibility index (Phi) is 7.43. The quantitative estimate of drug-likeness (QED) is 0.360. The Balaban J connectivity index is 1.46. The molecule has 0 unspecified atom stereocenters. The summed E-state index contributed by atoms with van der Waals surface area (Å²) < 4.78 is 62.7. The number of pyridine rings is 1. The van der Waals surface area contributed by atoms with Crippen molar-refractivity contribution in [2.45, 2.75) is 19.1 Å². The van der Waals surface area contributed by atoms with Crippen LogP contribution in [0.3, 0.4) is 0 Å². The van der Waals surface area contributed by atoms with Crippen molar-refractivity contribution in [3.05, 3.63) is 77.0 Å². The van der Waals surface area contributed by atoms with Crippen LogP contribution < -0.4 is 4.74 Å². The first-order valence-corrected chi connectivity index (χ1v) is 12.5. The van der Waals surface area contributed by atoms with Crippen LogP contribution >= 0.6 is 0 Å². The maximum Gasteiger partial charge on any atom is 0.433 e. The van der Waals surface area contributed by atoms with Crippen molar-refractivity contribution in [3.8, 4) is 17.1 Å². The minimum atomic E-state index is -4.77. The molecular formula is C27H26F4N6O3. The summed E-state index contributed by atoms with van der Waals surface area (Å²) in [6.45, 7) is 2.07. The van der Waals surface area contributed by atoms with Crippen LogP contribution in [0.1, 0.15) is 33.2 Å². The predicted molar refractivity (Wildman–Crippen MR) is 136 cm³/mol. The monoisotopic (exact) mass is 558 g/mol. The molecule has 1 aromatic carbocycles. The number of hydrogen-bond acceptors (Lipinski definition) is 7. The molecule has 0 aliphatic carbocycles. The third-order valence-electron chi connectivity index (χ3n) is 7.08. The van der Waals surface area contributed by atoms with Crippen LogP contribution in [0.2, 0.25) is 0 Å². The Morgan fingerprint density at radius 2 is 1.82 bits per heavy atom. The highest BCUT2D eigenvalue weighted by atomic mass is 19.4. The smallest absolute Gasteiger partial charge is 0.433 e. The van der Waals surface area contributed by atoms with Crippen LogP contribution in [0.5, 0.6) is 5.88 Å². The SMILES string of the molecule is COc1ccc(-c2nc3c(C(=O)N4CCN([C@@H](CO)c5ccccc5F)CC4)cnn3c(C(F)(F)F)c2C)cn1. The molecule has 0 saturated carbocycles. The predicted octanol–water partition coefficient (Wildman–Crippen LogP) is 3.76. The van der Waals surface area contributed by atoms with Crippen LogP contribution in [0.25, 0.3) is 16.9 Å². The van der Waals surface area contributed by atoms with Crippen LogP contribution in [0.15, 0.2) is 48.8 Å². The van der Waals surface area contributed by atoms with Crippen molar-refractivity contribution in [1.82, 2.24) is 29.4 Å². The van der Waals surface area contributed by atoms with Gasteiger partial charge in [-0.1, -0.05) is 18.2 Å². The maximum absolute atomic E-state index is 14.4. The standard InChI is InChI=1S/C27H26F4N6O3/c1-16-23(17-7-8-22(40-2)32-13-17)34-25-19(14-33-37(25)24(16)27(29,30)31)26(39)36-11-9-35(10-12-36)21(15-38)18-5-3-4-6-20(18)28/h3-8,13-14,21,38H,9-12,15H2,1-2H3/t21-/m0/s1. The van der Waals surface area contributed by atoms with E-state index in [9.17, 15) is 27.5 Å². The molecular weight excluding hydrogens is 532 g/mol. The first kappa shape index (κ1) is 27.5. The highest BCUT2D eigenvalue weighted by Crippen LogP contribution is 2.36. The van der Waals surface area contributed by atoms with Gasteiger partial charge in [0.25, 0.3) is 5.91 Å². The van der Waals surface area contributed by atoms with Crippen LogP contribution in [-0.2, 0) is 6.18 Å². The van der Waals surface area contributed by atoms with E-state index >= 15 is 0 Å². The van der Waals surface area contributed by atoms with Gasteiger partial charge in [0, 0.05) is 55.1 Å². The molecule has 5 rings (SSSR count). The average molecular weight is 559 g/mol. The average Bonchev–Trinajstić information content (AvgIpc) is 3.36. The van der Waals surface area contributed by atoms with Gasteiger partial charge in [-0.2, -0.15) is 18.3 Å². The number of carbonyl (C=O) groups excluding carboxylic acids is 1.